The minimum atomic E-state index is 0.775. The van der Waals surface area contributed by atoms with Crippen LogP contribution in [0.3, 0.4) is 0 Å². The van der Waals surface area contributed by atoms with Gasteiger partial charge in [-0.1, -0.05) is 30.3 Å². The molecule has 0 radical (unpaired) electrons. The molecule has 1 aromatic carbocycles. The van der Waals surface area contributed by atoms with Crippen LogP contribution < -0.4 is 0 Å². The van der Waals surface area contributed by atoms with Gasteiger partial charge in [-0.05, 0) is 18.3 Å². The molecule has 2 heterocycles. The molecule has 1 aromatic rings. The molecule has 0 atom stereocenters. The average Bonchev–Trinajstić information content (AvgIpc) is 2.82. The fraction of sp³-hybridized carbons (Fsp3) is 0.231. The highest BCUT2D eigenvalue weighted by atomic mass is 32.2. The molecule has 1 fully saturated rings. The zero-order valence-corrected chi connectivity index (χ0v) is 11.7. The van der Waals surface area contributed by atoms with E-state index < -0.39 is 0 Å². The fourth-order valence-corrected chi connectivity index (χ4v) is 3.31. The number of allylic oxidation sites excluding steroid dienone is 1. The van der Waals surface area contributed by atoms with Crippen LogP contribution >= 0.6 is 24.0 Å². The number of hydrogen-bond acceptors (Lipinski definition) is 3. The zero-order chi connectivity index (χ0) is 12.5. The summed E-state index contributed by atoms with van der Waals surface area (Å²) in [6.07, 6.45) is 2.13. The summed E-state index contributed by atoms with van der Waals surface area (Å²) in [5.74, 6) is 1.09. The Hall–Kier alpha value is -1.33. The van der Waals surface area contributed by atoms with Gasteiger partial charge >= 0.3 is 0 Å². The monoisotopic (exact) mass is 275 g/mol. The Morgan fingerprint density at radius 1 is 1.28 bits per heavy atom. The van der Waals surface area contributed by atoms with Crippen LogP contribution in [0.5, 0.6) is 0 Å². The summed E-state index contributed by atoms with van der Waals surface area (Å²) < 4.78 is 0. The van der Waals surface area contributed by atoms with Gasteiger partial charge in [0.25, 0.3) is 0 Å². The third-order valence-electron chi connectivity index (χ3n) is 2.93. The van der Waals surface area contributed by atoms with Crippen LogP contribution in [0.1, 0.15) is 5.56 Å². The predicted molar refractivity (Wildman–Crippen MR) is 80.6 cm³/mol. The van der Waals surface area contributed by atoms with Crippen LogP contribution in [0.4, 0.5) is 0 Å². The van der Waals surface area contributed by atoms with E-state index in [1.807, 2.05) is 37.0 Å². The van der Waals surface area contributed by atoms with E-state index in [0.717, 1.165) is 28.7 Å². The van der Waals surface area contributed by atoms with Crippen LogP contribution in [0.15, 0.2) is 46.5 Å². The van der Waals surface area contributed by atoms with Gasteiger partial charge in [0.15, 0.2) is 5.11 Å². The molecule has 18 heavy (non-hydrogen) atoms. The van der Waals surface area contributed by atoms with E-state index in [1.54, 1.807) is 5.01 Å². The topological polar surface area (TPSA) is 18.8 Å². The number of hydrazone groups is 1. The molecule has 3 nitrogen and oxygen atoms in total. The molecule has 1 saturated heterocycles. The van der Waals surface area contributed by atoms with E-state index in [2.05, 4.69) is 28.2 Å². The van der Waals surface area contributed by atoms with Gasteiger partial charge in [0.2, 0.25) is 0 Å². The number of nitrogens with zero attached hydrogens (tertiary/aromatic N) is 3. The summed E-state index contributed by atoms with van der Waals surface area (Å²) in [7, 11) is 1.91. The Kier molecular flexibility index (Phi) is 3.09. The van der Waals surface area contributed by atoms with E-state index >= 15 is 0 Å². The molecular weight excluding hydrogens is 262 g/mol. The molecule has 92 valence electrons. The predicted octanol–water partition coefficient (Wildman–Crippen LogP) is 2.51. The Bertz CT molecular complexity index is 536. The summed E-state index contributed by atoms with van der Waals surface area (Å²) in [4.78, 5) is 2.15. The van der Waals surface area contributed by atoms with Gasteiger partial charge in [-0.25, -0.2) is 5.01 Å². The van der Waals surface area contributed by atoms with Gasteiger partial charge in [-0.15, -0.1) is 11.8 Å². The SMILES string of the molecule is CN1N=C(c2ccccc2)C=C2SCCN2C1=S. The number of benzene rings is 1. The zero-order valence-electron chi connectivity index (χ0n) is 10.0. The van der Waals surface area contributed by atoms with Crippen LogP contribution in [0, 0.1) is 0 Å². The van der Waals surface area contributed by atoms with Crippen LogP contribution in [0.25, 0.3) is 0 Å². The van der Waals surface area contributed by atoms with E-state index in [4.69, 9.17) is 12.2 Å². The van der Waals surface area contributed by atoms with Crippen molar-refractivity contribution in [3.63, 3.8) is 0 Å². The van der Waals surface area contributed by atoms with Crippen molar-refractivity contribution >= 4 is 34.8 Å². The van der Waals surface area contributed by atoms with Gasteiger partial charge in [0.1, 0.15) is 0 Å². The minimum Gasteiger partial charge on any atom is -0.311 e. The highest BCUT2D eigenvalue weighted by Gasteiger charge is 2.26. The lowest BCUT2D eigenvalue weighted by Gasteiger charge is -2.22. The van der Waals surface area contributed by atoms with Crippen LogP contribution in [0.2, 0.25) is 0 Å². The fourth-order valence-electron chi connectivity index (χ4n) is 2.01. The van der Waals surface area contributed by atoms with Gasteiger partial charge in [0, 0.05) is 24.9 Å². The second-order valence-electron chi connectivity index (χ2n) is 4.14. The van der Waals surface area contributed by atoms with Crippen molar-refractivity contribution in [2.24, 2.45) is 5.10 Å². The summed E-state index contributed by atoms with van der Waals surface area (Å²) >= 11 is 7.28. The average molecular weight is 275 g/mol. The van der Waals surface area contributed by atoms with E-state index in [9.17, 15) is 0 Å². The van der Waals surface area contributed by atoms with Crippen molar-refractivity contribution in [1.29, 1.82) is 0 Å². The van der Waals surface area contributed by atoms with Crippen molar-refractivity contribution in [2.45, 2.75) is 0 Å². The lowest BCUT2D eigenvalue weighted by molar-refractivity contribution is 0.462. The Morgan fingerprint density at radius 3 is 2.83 bits per heavy atom. The lowest BCUT2D eigenvalue weighted by Crippen LogP contribution is -2.34. The molecule has 0 bridgehead atoms. The van der Waals surface area contributed by atoms with Crippen molar-refractivity contribution in [3.05, 3.63) is 47.0 Å². The molecule has 3 rings (SSSR count). The van der Waals surface area contributed by atoms with Crippen LogP contribution in [-0.4, -0.2) is 40.1 Å². The molecule has 5 heteroatoms. The number of thiocarbonyl (C=S) groups is 1. The molecule has 0 aliphatic carbocycles. The molecule has 0 N–H and O–H groups in total. The highest BCUT2D eigenvalue weighted by molar-refractivity contribution is 8.03. The molecule has 0 amide bonds. The van der Waals surface area contributed by atoms with Crippen molar-refractivity contribution in [3.8, 4) is 0 Å². The molecule has 0 aromatic heterocycles. The smallest absolute Gasteiger partial charge is 0.196 e. The van der Waals surface area contributed by atoms with Crippen molar-refractivity contribution in [2.75, 3.05) is 19.3 Å². The van der Waals surface area contributed by atoms with E-state index in [1.165, 1.54) is 5.03 Å². The Labute approximate surface area is 116 Å². The maximum atomic E-state index is 5.45. The summed E-state index contributed by atoms with van der Waals surface area (Å²) in [6, 6.07) is 10.2. The first-order valence-corrected chi connectivity index (χ1v) is 7.19. The number of rotatable bonds is 1. The highest BCUT2D eigenvalue weighted by Crippen LogP contribution is 2.31. The maximum absolute atomic E-state index is 5.45. The molecule has 2 aliphatic rings. The Morgan fingerprint density at radius 2 is 2.06 bits per heavy atom. The first-order valence-electron chi connectivity index (χ1n) is 5.79. The van der Waals surface area contributed by atoms with Crippen molar-refractivity contribution in [1.82, 2.24) is 9.91 Å². The Balaban J connectivity index is 2.06. The number of fused-ring (bicyclic) bond motifs is 1. The molecule has 0 spiro atoms. The number of hydrogen-bond donors (Lipinski definition) is 0. The summed E-state index contributed by atoms with van der Waals surface area (Å²) in [5, 5.41) is 8.35. The van der Waals surface area contributed by atoms with Gasteiger partial charge < -0.3 is 4.90 Å². The second-order valence-corrected chi connectivity index (χ2v) is 5.62. The van der Waals surface area contributed by atoms with Crippen LogP contribution in [-0.2, 0) is 0 Å². The van der Waals surface area contributed by atoms with Gasteiger partial charge in [-0.2, -0.15) is 5.10 Å². The van der Waals surface area contributed by atoms with E-state index in [0.29, 0.717) is 0 Å². The molecular formula is C13H13N3S2. The maximum Gasteiger partial charge on any atom is 0.196 e. The van der Waals surface area contributed by atoms with Crippen molar-refractivity contribution < 1.29 is 0 Å². The van der Waals surface area contributed by atoms with Gasteiger partial charge in [-0.3, -0.25) is 0 Å². The van der Waals surface area contributed by atoms with Gasteiger partial charge in [0.05, 0.1) is 10.7 Å². The standard InChI is InChI=1S/C13H13N3S2/c1-15-13(17)16-7-8-18-12(16)9-11(14-15)10-5-3-2-4-6-10/h2-6,9H,7-8H2,1H3. The largest absolute Gasteiger partial charge is 0.311 e. The number of thioether (sulfide) groups is 1. The molecule has 0 unspecified atom stereocenters. The third-order valence-corrected chi connectivity index (χ3v) is 4.43. The molecule has 0 saturated carbocycles. The first kappa shape index (κ1) is 11.7. The summed E-state index contributed by atoms with van der Waals surface area (Å²) in [5.41, 5.74) is 2.08. The molecule has 2 aliphatic heterocycles. The lowest BCUT2D eigenvalue weighted by atomic mass is 10.1. The summed E-state index contributed by atoms with van der Waals surface area (Å²) in [6.45, 7) is 0.970. The minimum absolute atomic E-state index is 0.775. The van der Waals surface area contributed by atoms with E-state index in [-0.39, 0.29) is 0 Å². The normalized spacial score (nSPS) is 19.3. The third kappa shape index (κ3) is 2.04. The first-order chi connectivity index (χ1) is 8.75. The second kappa shape index (κ2) is 4.74. The quantitative estimate of drug-likeness (QED) is 0.733.